The second-order valence-electron chi connectivity index (χ2n) is 6.09. The van der Waals surface area contributed by atoms with E-state index in [1.807, 2.05) is 0 Å². The number of nitrogen functional groups attached to an aromatic ring is 1. The quantitative estimate of drug-likeness (QED) is 0.775. The van der Waals surface area contributed by atoms with Gasteiger partial charge in [-0.1, -0.05) is 39.7 Å². The number of aryl methyl sites for hydroxylation is 1. The van der Waals surface area contributed by atoms with Crippen LogP contribution in [-0.2, 0) is 6.42 Å². The summed E-state index contributed by atoms with van der Waals surface area (Å²) in [6, 6.07) is 6.57. The molecule has 1 aromatic rings. The molecule has 19 heavy (non-hydrogen) atoms. The first-order valence-electron chi connectivity index (χ1n) is 7.77. The molecule has 0 unspecified atom stereocenters. The van der Waals surface area contributed by atoms with E-state index in [0.717, 1.165) is 12.1 Å². The van der Waals surface area contributed by atoms with Crippen molar-refractivity contribution in [3.8, 4) is 0 Å². The van der Waals surface area contributed by atoms with Crippen LogP contribution in [0.15, 0.2) is 18.2 Å². The fraction of sp³-hybridized carbons (Fsp3) is 0.647. The lowest BCUT2D eigenvalue weighted by molar-refractivity contribution is 0.173. The Morgan fingerprint density at radius 1 is 1.11 bits per heavy atom. The summed E-state index contributed by atoms with van der Waals surface area (Å²) in [6.45, 7) is 9.17. The van der Waals surface area contributed by atoms with E-state index in [4.69, 9.17) is 5.73 Å². The molecular formula is C17H28N2. The summed E-state index contributed by atoms with van der Waals surface area (Å²) < 4.78 is 0. The first-order chi connectivity index (χ1) is 9.14. The van der Waals surface area contributed by atoms with E-state index >= 15 is 0 Å². The zero-order valence-corrected chi connectivity index (χ0v) is 12.7. The molecule has 106 valence electrons. The number of benzene rings is 1. The minimum Gasteiger partial charge on any atom is -0.398 e. The first kappa shape index (κ1) is 14.2. The molecule has 2 rings (SSSR count). The monoisotopic (exact) mass is 260 g/mol. The largest absolute Gasteiger partial charge is 0.398 e. The second kappa shape index (κ2) is 5.85. The Kier molecular flexibility index (Phi) is 4.38. The zero-order valence-electron chi connectivity index (χ0n) is 12.7. The zero-order chi connectivity index (χ0) is 13.9. The fourth-order valence-corrected chi connectivity index (χ4v) is 3.55. The molecule has 0 aliphatic carbocycles. The van der Waals surface area contributed by atoms with Gasteiger partial charge in [-0.15, -0.1) is 0 Å². The van der Waals surface area contributed by atoms with Crippen molar-refractivity contribution in [3.05, 3.63) is 23.8 Å². The maximum Gasteiger partial charge on any atom is 0.0387 e. The number of anilines is 2. The molecule has 0 amide bonds. The van der Waals surface area contributed by atoms with Crippen LogP contribution in [-0.4, -0.2) is 13.1 Å². The molecule has 1 fully saturated rings. The van der Waals surface area contributed by atoms with E-state index < -0.39 is 0 Å². The molecule has 1 saturated heterocycles. The van der Waals surface area contributed by atoms with Gasteiger partial charge < -0.3 is 10.6 Å². The molecule has 1 aliphatic heterocycles. The Hall–Kier alpha value is -1.18. The number of hydrogen-bond acceptors (Lipinski definition) is 2. The number of nitrogens with two attached hydrogens (primary N) is 1. The van der Waals surface area contributed by atoms with Crippen molar-refractivity contribution >= 4 is 11.4 Å². The molecule has 2 heteroatoms. The van der Waals surface area contributed by atoms with E-state index in [1.54, 1.807) is 0 Å². The van der Waals surface area contributed by atoms with Crippen LogP contribution in [0.4, 0.5) is 11.4 Å². The molecule has 0 aromatic heterocycles. The Morgan fingerprint density at radius 3 is 2.21 bits per heavy atom. The SMILES string of the molecule is CCCC1(CCC)CN(c2ccc(CC)c(N)c2)C1. The van der Waals surface area contributed by atoms with Gasteiger partial charge in [-0.2, -0.15) is 0 Å². The smallest absolute Gasteiger partial charge is 0.0387 e. The molecule has 0 radical (unpaired) electrons. The molecule has 0 atom stereocenters. The minimum absolute atomic E-state index is 0.571. The van der Waals surface area contributed by atoms with Crippen molar-refractivity contribution < 1.29 is 0 Å². The summed E-state index contributed by atoms with van der Waals surface area (Å²) >= 11 is 0. The highest BCUT2D eigenvalue weighted by molar-refractivity contribution is 5.61. The van der Waals surface area contributed by atoms with Gasteiger partial charge in [0.05, 0.1) is 0 Å². The summed E-state index contributed by atoms with van der Waals surface area (Å²) in [5, 5.41) is 0. The van der Waals surface area contributed by atoms with Crippen LogP contribution in [0.3, 0.4) is 0 Å². The highest BCUT2D eigenvalue weighted by Gasteiger charge is 2.41. The van der Waals surface area contributed by atoms with Gasteiger partial charge in [0.25, 0.3) is 0 Å². The van der Waals surface area contributed by atoms with Crippen LogP contribution in [0.1, 0.15) is 52.0 Å². The molecule has 0 saturated carbocycles. The topological polar surface area (TPSA) is 29.3 Å². The minimum atomic E-state index is 0.571. The van der Waals surface area contributed by atoms with E-state index in [0.29, 0.717) is 5.41 Å². The Balaban J connectivity index is 2.04. The van der Waals surface area contributed by atoms with Crippen LogP contribution in [0.5, 0.6) is 0 Å². The van der Waals surface area contributed by atoms with Gasteiger partial charge in [0.15, 0.2) is 0 Å². The van der Waals surface area contributed by atoms with Crippen molar-refractivity contribution in [2.75, 3.05) is 23.7 Å². The number of nitrogens with zero attached hydrogens (tertiary/aromatic N) is 1. The lowest BCUT2D eigenvalue weighted by atomic mass is 9.72. The van der Waals surface area contributed by atoms with Gasteiger partial charge in [-0.25, -0.2) is 0 Å². The van der Waals surface area contributed by atoms with Gasteiger partial charge in [0, 0.05) is 29.9 Å². The van der Waals surface area contributed by atoms with Crippen molar-refractivity contribution in [2.24, 2.45) is 5.41 Å². The van der Waals surface area contributed by atoms with E-state index in [1.165, 1.54) is 50.0 Å². The normalized spacial score (nSPS) is 17.3. The predicted octanol–water partition coefficient (Wildman–Crippen LogP) is 4.24. The van der Waals surface area contributed by atoms with Gasteiger partial charge >= 0.3 is 0 Å². The molecule has 0 bridgehead atoms. The Bertz CT molecular complexity index is 411. The van der Waals surface area contributed by atoms with E-state index in [2.05, 4.69) is 43.9 Å². The molecule has 0 spiro atoms. The van der Waals surface area contributed by atoms with Crippen LogP contribution < -0.4 is 10.6 Å². The number of rotatable bonds is 6. The Labute approximate surface area is 118 Å². The third-order valence-electron chi connectivity index (χ3n) is 4.49. The fourth-order valence-electron chi connectivity index (χ4n) is 3.55. The second-order valence-corrected chi connectivity index (χ2v) is 6.09. The van der Waals surface area contributed by atoms with Crippen LogP contribution in [0, 0.1) is 5.41 Å². The summed E-state index contributed by atoms with van der Waals surface area (Å²) in [6.07, 6.45) is 6.33. The van der Waals surface area contributed by atoms with E-state index in [9.17, 15) is 0 Å². The number of hydrogen-bond donors (Lipinski definition) is 1. The molecule has 1 aromatic carbocycles. The third kappa shape index (κ3) is 2.88. The molecular weight excluding hydrogens is 232 g/mol. The van der Waals surface area contributed by atoms with Crippen molar-refractivity contribution in [3.63, 3.8) is 0 Å². The average molecular weight is 260 g/mol. The highest BCUT2D eigenvalue weighted by Crippen LogP contribution is 2.42. The van der Waals surface area contributed by atoms with Crippen molar-refractivity contribution in [2.45, 2.75) is 52.9 Å². The summed E-state index contributed by atoms with van der Waals surface area (Å²) in [5.41, 5.74) is 10.2. The lowest BCUT2D eigenvalue weighted by Crippen LogP contribution is -2.56. The maximum absolute atomic E-state index is 6.11. The summed E-state index contributed by atoms with van der Waals surface area (Å²) in [7, 11) is 0. The van der Waals surface area contributed by atoms with Gasteiger partial charge in [0.2, 0.25) is 0 Å². The lowest BCUT2D eigenvalue weighted by Gasteiger charge is -2.52. The molecule has 2 nitrogen and oxygen atoms in total. The van der Waals surface area contributed by atoms with Crippen LogP contribution in [0.25, 0.3) is 0 Å². The van der Waals surface area contributed by atoms with Gasteiger partial charge in [-0.05, 0) is 37.0 Å². The molecule has 1 heterocycles. The predicted molar refractivity (Wildman–Crippen MR) is 84.7 cm³/mol. The van der Waals surface area contributed by atoms with Crippen molar-refractivity contribution in [1.29, 1.82) is 0 Å². The average Bonchev–Trinajstić information content (AvgIpc) is 2.35. The van der Waals surface area contributed by atoms with Gasteiger partial charge in [0.1, 0.15) is 0 Å². The van der Waals surface area contributed by atoms with E-state index in [-0.39, 0.29) is 0 Å². The maximum atomic E-state index is 6.11. The third-order valence-corrected chi connectivity index (χ3v) is 4.49. The van der Waals surface area contributed by atoms with Crippen molar-refractivity contribution in [1.82, 2.24) is 0 Å². The standard InChI is InChI=1S/C17H28N2/c1-4-9-17(10-5-2)12-19(13-17)15-8-7-14(6-3)16(18)11-15/h7-8,11H,4-6,9-10,12-13,18H2,1-3H3. The first-order valence-corrected chi connectivity index (χ1v) is 7.77. The van der Waals surface area contributed by atoms with Gasteiger partial charge in [-0.3, -0.25) is 0 Å². The Morgan fingerprint density at radius 2 is 1.74 bits per heavy atom. The molecule has 2 N–H and O–H groups in total. The summed E-state index contributed by atoms with van der Waals surface area (Å²) in [5.74, 6) is 0. The van der Waals surface area contributed by atoms with Crippen LogP contribution >= 0.6 is 0 Å². The molecule has 1 aliphatic rings. The summed E-state index contributed by atoms with van der Waals surface area (Å²) in [4.78, 5) is 2.49. The van der Waals surface area contributed by atoms with Crippen LogP contribution in [0.2, 0.25) is 0 Å². The highest BCUT2D eigenvalue weighted by atomic mass is 15.2.